The average molecular weight is 348 g/mol. The molecule has 1 aromatic heterocycles. The minimum atomic E-state index is -0.120. The van der Waals surface area contributed by atoms with Crippen molar-refractivity contribution in [3.63, 3.8) is 0 Å². The molecule has 1 aliphatic heterocycles. The van der Waals surface area contributed by atoms with Crippen LogP contribution in [0.3, 0.4) is 0 Å². The van der Waals surface area contributed by atoms with Gasteiger partial charge in [-0.05, 0) is 36.8 Å². The van der Waals surface area contributed by atoms with E-state index in [1.807, 2.05) is 67.4 Å². The third kappa shape index (κ3) is 3.06. The van der Waals surface area contributed by atoms with Crippen LogP contribution in [0, 0.1) is 6.92 Å². The number of rotatable bonds is 3. The van der Waals surface area contributed by atoms with E-state index in [0.717, 1.165) is 22.4 Å². The number of likely N-dealkylation sites (N-methyl/N-ethyl adjacent to an activating group) is 1. The molecule has 1 aliphatic rings. The molecular formula is C20H20N4O2. The van der Waals surface area contributed by atoms with Crippen molar-refractivity contribution in [1.29, 1.82) is 0 Å². The minimum absolute atomic E-state index is 0.0267. The van der Waals surface area contributed by atoms with Crippen molar-refractivity contribution in [2.45, 2.75) is 6.92 Å². The lowest BCUT2D eigenvalue weighted by Gasteiger charge is -2.33. The first-order chi connectivity index (χ1) is 12.6. The summed E-state index contributed by atoms with van der Waals surface area (Å²) in [6.45, 7) is 3.23. The molecule has 0 saturated heterocycles. The summed E-state index contributed by atoms with van der Waals surface area (Å²) in [4.78, 5) is 25.8. The molecule has 0 saturated carbocycles. The van der Waals surface area contributed by atoms with Crippen LogP contribution in [-0.4, -0.2) is 42.6 Å². The van der Waals surface area contributed by atoms with E-state index in [4.69, 9.17) is 4.74 Å². The summed E-state index contributed by atoms with van der Waals surface area (Å²) >= 11 is 0. The molecule has 0 unspecified atom stereocenters. The van der Waals surface area contributed by atoms with Crippen molar-refractivity contribution >= 4 is 28.6 Å². The number of carbonyl (C=O) groups is 1. The lowest BCUT2D eigenvalue weighted by molar-refractivity contribution is -0.120. The smallest absolute Gasteiger partial charge is 0.266 e. The molecule has 0 N–H and O–H groups in total. The number of hydrogen-bond acceptors (Lipinski definition) is 5. The van der Waals surface area contributed by atoms with Gasteiger partial charge >= 0.3 is 0 Å². The molecule has 0 aliphatic carbocycles. The Labute approximate surface area is 152 Å². The van der Waals surface area contributed by atoms with E-state index < -0.39 is 0 Å². The van der Waals surface area contributed by atoms with E-state index in [2.05, 4.69) is 9.97 Å². The predicted octanol–water partition coefficient (Wildman–Crippen LogP) is 2.80. The van der Waals surface area contributed by atoms with Gasteiger partial charge in [-0.2, -0.15) is 0 Å². The Balaban J connectivity index is 1.60. The monoisotopic (exact) mass is 348 g/mol. The van der Waals surface area contributed by atoms with Crippen LogP contribution >= 0.6 is 0 Å². The van der Waals surface area contributed by atoms with E-state index in [9.17, 15) is 4.79 Å². The van der Waals surface area contributed by atoms with Gasteiger partial charge in [0.2, 0.25) is 0 Å². The maximum atomic E-state index is 12.8. The topological polar surface area (TPSA) is 58.6 Å². The fraction of sp³-hybridized carbons (Fsp3) is 0.250. The zero-order valence-corrected chi connectivity index (χ0v) is 14.8. The standard InChI is InChI=1S/C20H20N4O2/c1-14-6-5-7-15(12-14)26-13-18(25)24-11-10-23(2)19-20(24)22-17-9-4-3-8-16(17)21-19/h3-9,12H,10-11,13H2,1-2H3. The summed E-state index contributed by atoms with van der Waals surface area (Å²) in [7, 11) is 1.97. The molecule has 6 nitrogen and oxygen atoms in total. The largest absolute Gasteiger partial charge is 0.484 e. The number of nitrogens with zero attached hydrogens (tertiary/aromatic N) is 4. The van der Waals surface area contributed by atoms with Crippen molar-refractivity contribution in [3.05, 3.63) is 54.1 Å². The summed E-state index contributed by atoms with van der Waals surface area (Å²) < 4.78 is 5.68. The Kier molecular flexibility index (Phi) is 4.16. The fourth-order valence-corrected chi connectivity index (χ4v) is 3.05. The molecule has 2 aromatic carbocycles. The first kappa shape index (κ1) is 16.3. The van der Waals surface area contributed by atoms with E-state index in [1.165, 1.54) is 0 Å². The number of fused-ring (bicyclic) bond motifs is 2. The van der Waals surface area contributed by atoms with Gasteiger partial charge in [0.05, 0.1) is 11.0 Å². The minimum Gasteiger partial charge on any atom is -0.484 e. The van der Waals surface area contributed by atoms with Gasteiger partial charge < -0.3 is 9.64 Å². The third-order valence-electron chi connectivity index (χ3n) is 4.46. The number of ether oxygens (including phenoxy) is 1. The fourth-order valence-electron chi connectivity index (χ4n) is 3.05. The van der Waals surface area contributed by atoms with Crippen molar-refractivity contribution in [1.82, 2.24) is 9.97 Å². The summed E-state index contributed by atoms with van der Waals surface area (Å²) in [5, 5.41) is 0. The lowest BCUT2D eigenvalue weighted by atomic mass is 10.2. The van der Waals surface area contributed by atoms with E-state index >= 15 is 0 Å². The maximum Gasteiger partial charge on any atom is 0.266 e. The van der Waals surface area contributed by atoms with Crippen molar-refractivity contribution in [3.8, 4) is 5.75 Å². The molecule has 1 amide bonds. The second-order valence-corrected chi connectivity index (χ2v) is 6.43. The number of para-hydroxylation sites is 2. The number of amides is 1. The van der Waals surface area contributed by atoms with Gasteiger partial charge in [-0.25, -0.2) is 9.97 Å². The molecular weight excluding hydrogens is 328 g/mol. The van der Waals surface area contributed by atoms with Gasteiger partial charge in [0.15, 0.2) is 18.2 Å². The van der Waals surface area contributed by atoms with E-state index in [0.29, 0.717) is 24.7 Å². The highest BCUT2D eigenvalue weighted by Crippen LogP contribution is 2.30. The quantitative estimate of drug-likeness (QED) is 0.728. The molecule has 0 fully saturated rings. The van der Waals surface area contributed by atoms with E-state index in [-0.39, 0.29) is 12.5 Å². The van der Waals surface area contributed by atoms with Crippen molar-refractivity contribution in [2.75, 3.05) is 36.5 Å². The van der Waals surface area contributed by atoms with Gasteiger partial charge in [-0.1, -0.05) is 24.3 Å². The van der Waals surface area contributed by atoms with Crippen LogP contribution in [-0.2, 0) is 4.79 Å². The first-order valence-electron chi connectivity index (χ1n) is 8.59. The molecule has 0 spiro atoms. The predicted molar refractivity (Wildman–Crippen MR) is 102 cm³/mol. The molecule has 0 bridgehead atoms. The Bertz CT molecular complexity index is 973. The molecule has 3 aromatic rings. The van der Waals surface area contributed by atoms with Crippen molar-refractivity contribution in [2.24, 2.45) is 0 Å². The van der Waals surface area contributed by atoms with Gasteiger partial charge in [-0.3, -0.25) is 9.69 Å². The second-order valence-electron chi connectivity index (χ2n) is 6.43. The number of carbonyl (C=O) groups excluding carboxylic acids is 1. The van der Waals surface area contributed by atoms with Gasteiger partial charge in [-0.15, -0.1) is 0 Å². The first-order valence-corrected chi connectivity index (χ1v) is 8.59. The van der Waals surface area contributed by atoms with E-state index in [1.54, 1.807) is 4.90 Å². The number of hydrogen-bond donors (Lipinski definition) is 0. The van der Waals surface area contributed by atoms with Crippen LogP contribution in [0.4, 0.5) is 11.6 Å². The van der Waals surface area contributed by atoms with Crippen LogP contribution in [0.1, 0.15) is 5.56 Å². The molecule has 4 rings (SSSR count). The second kappa shape index (κ2) is 6.63. The van der Waals surface area contributed by atoms with Crippen LogP contribution in [0.25, 0.3) is 11.0 Å². The van der Waals surface area contributed by atoms with Crippen molar-refractivity contribution < 1.29 is 9.53 Å². The summed E-state index contributed by atoms with van der Waals surface area (Å²) in [6, 6.07) is 15.4. The zero-order valence-electron chi connectivity index (χ0n) is 14.8. The Morgan fingerprint density at radius 2 is 1.77 bits per heavy atom. The van der Waals surface area contributed by atoms with Gasteiger partial charge in [0, 0.05) is 20.1 Å². The summed E-state index contributed by atoms with van der Waals surface area (Å²) in [5.74, 6) is 1.89. The SMILES string of the molecule is Cc1cccc(OCC(=O)N2CCN(C)c3nc4ccccc4nc32)c1. The number of aromatic nitrogens is 2. The van der Waals surface area contributed by atoms with Crippen LogP contribution in [0.2, 0.25) is 0 Å². The molecule has 2 heterocycles. The average Bonchev–Trinajstić information content (AvgIpc) is 2.65. The summed E-state index contributed by atoms with van der Waals surface area (Å²) in [5.41, 5.74) is 2.69. The lowest BCUT2D eigenvalue weighted by Crippen LogP contribution is -2.45. The van der Waals surface area contributed by atoms with Crippen LogP contribution in [0.15, 0.2) is 48.5 Å². The number of benzene rings is 2. The Morgan fingerprint density at radius 1 is 1.04 bits per heavy atom. The normalized spacial score (nSPS) is 13.6. The van der Waals surface area contributed by atoms with Gasteiger partial charge in [0.25, 0.3) is 5.91 Å². The molecule has 6 heteroatoms. The number of anilines is 2. The highest BCUT2D eigenvalue weighted by atomic mass is 16.5. The maximum absolute atomic E-state index is 12.8. The molecule has 0 atom stereocenters. The third-order valence-corrected chi connectivity index (χ3v) is 4.46. The molecule has 26 heavy (non-hydrogen) atoms. The molecule has 0 radical (unpaired) electrons. The highest BCUT2D eigenvalue weighted by molar-refractivity contribution is 5.98. The summed E-state index contributed by atoms with van der Waals surface area (Å²) in [6.07, 6.45) is 0. The Morgan fingerprint density at radius 3 is 2.50 bits per heavy atom. The number of aryl methyl sites for hydroxylation is 1. The van der Waals surface area contributed by atoms with Crippen LogP contribution < -0.4 is 14.5 Å². The Hall–Kier alpha value is -3.15. The van der Waals surface area contributed by atoms with Gasteiger partial charge in [0.1, 0.15) is 5.75 Å². The molecule has 132 valence electrons. The van der Waals surface area contributed by atoms with Crippen LogP contribution in [0.5, 0.6) is 5.75 Å². The highest BCUT2D eigenvalue weighted by Gasteiger charge is 2.28. The zero-order chi connectivity index (χ0) is 18.1.